The van der Waals surface area contributed by atoms with Crippen molar-refractivity contribution in [3.8, 4) is 0 Å². The minimum Gasteiger partial charge on any atom is -0.369 e. The molecule has 2 N–H and O–H groups in total. The van der Waals surface area contributed by atoms with Gasteiger partial charge in [0.1, 0.15) is 5.82 Å². The number of halogens is 1. The molecule has 2 heterocycles. The summed E-state index contributed by atoms with van der Waals surface area (Å²) in [4.78, 5) is 33.8. The van der Waals surface area contributed by atoms with Crippen molar-refractivity contribution < 1.29 is 9.59 Å². The van der Waals surface area contributed by atoms with Gasteiger partial charge in [-0.1, -0.05) is 37.6 Å². The number of Topliss-reactive ketones (excluding diaryl/α,β-unsaturated/α-hetero) is 1. The Morgan fingerprint density at radius 3 is 2.56 bits per heavy atom. The molecule has 1 aliphatic heterocycles. The molecule has 2 aromatic carbocycles. The first kappa shape index (κ1) is 24.4. The van der Waals surface area contributed by atoms with Gasteiger partial charge in [-0.2, -0.15) is 0 Å². The first-order valence-corrected chi connectivity index (χ1v) is 12.2. The molecule has 3 aromatic rings. The normalized spacial score (nSPS) is 17.5. The molecule has 4 rings (SSSR count). The van der Waals surface area contributed by atoms with Crippen molar-refractivity contribution >= 4 is 34.3 Å². The maximum atomic E-state index is 12.8. The molecule has 1 saturated heterocycles. The van der Waals surface area contributed by atoms with E-state index in [4.69, 9.17) is 22.3 Å². The van der Waals surface area contributed by atoms with Crippen LogP contribution in [0.1, 0.15) is 36.5 Å². The zero-order valence-corrected chi connectivity index (χ0v) is 20.5. The number of aryl methyl sites for hydroxylation is 1. The standard InChI is InChI=1S/C26H32ClN5O2/c1-18(2)23-15-30(16-25(28)34)13-14-31(23)17-26-29-21-5-3-4-6-22(21)32(26)12-11-24(33)19-7-9-20(27)10-8-19/h3-10,18,23H,11-17H2,1-2H3,(H2,28,34). The van der Waals surface area contributed by atoms with Crippen LogP contribution in [0.4, 0.5) is 0 Å². The Morgan fingerprint density at radius 2 is 1.85 bits per heavy atom. The van der Waals surface area contributed by atoms with Crippen LogP contribution in [0.2, 0.25) is 5.02 Å². The Morgan fingerprint density at radius 1 is 1.12 bits per heavy atom. The zero-order valence-electron chi connectivity index (χ0n) is 19.8. The number of nitrogens with zero attached hydrogens (tertiary/aromatic N) is 4. The lowest BCUT2D eigenvalue weighted by molar-refractivity contribution is -0.120. The maximum Gasteiger partial charge on any atom is 0.231 e. The molecular formula is C26H32ClN5O2. The number of para-hydroxylation sites is 2. The number of nitrogens with two attached hydrogens (primary N) is 1. The van der Waals surface area contributed by atoms with Gasteiger partial charge < -0.3 is 10.3 Å². The number of hydrogen-bond donors (Lipinski definition) is 1. The number of aromatic nitrogens is 2. The smallest absolute Gasteiger partial charge is 0.231 e. The van der Waals surface area contributed by atoms with Crippen LogP contribution in [-0.4, -0.2) is 63.3 Å². The molecule has 1 atom stereocenters. The van der Waals surface area contributed by atoms with E-state index in [0.29, 0.717) is 42.6 Å². The van der Waals surface area contributed by atoms with E-state index < -0.39 is 0 Å². The van der Waals surface area contributed by atoms with Gasteiger partial charge in [-0.3, -0.25) is 19.4 Å². The van der Waals surface area contributed by atoms with Crippen LogP contribution in [-0.2, 0) is 17.9 Å². The minimum atomic E-state index is -0.289. The number of carbonyl (C=O) groups is 2. The van der Waals surface area contributed by atoms with E-state index in [0.717, 1.165) is 36.5 Å². The Hall–Kier alpha value is -2.74. The summed E-state index contributed by atoms with van der Waals surface area (Å²) in [5, 5.41) is 0.620. The monoisotopic (exact) mass is 481 g/mol. The number of ketones is 1. The molecule has 1 unspecified atom stereocenters. The van der Waals surface area contributed by atoms with E-state index in [9.17, 15) is 9.59 Å². The predicted octanol–water partition coefficient (Wildman–Crippen LogP) is 3.59. The van der Waals surface area contributed by atoms with Gasteiger partial charge in [0, 0.05) is 49.2 Å². The van der Waals surface area contributed by atoms with Gasteiger partial charge in [0.05, 0.1) is 24.1 Å². The number of hydrogen-bond acceptors (Lipinski definition) is 5. The number of amides is 1. The fraction of sp³-hybridized carbons (Fsp3) is 0.423. The van der Waals surface area contributed by atoms with Gasteiger partial charge in [0.25, 0.3) is 0 Å². The molecule has 1 aliphatic rings. The summed E-state index contributed by atoms with van der Waals surface area (Å²) in [7, 11) is 0. The number of primary amides is 1. The molecule has 1 amide bonds. The van der Waals surface area contributed by atoms with Gasteiger partial charge in [0.2, 0.25) is 5.91 Å². The maximum absolute atomic E-state index is 12.8. The van der Waals surface area contributed by atoms with Crippen molar-refractivity contribution in [1.29, 1.82) is 0 Å². The first-order valence-electron chi connectivity index (χ1n) is 11.8. The summed E-state index contributed by atoms with van der Waals surface area (Å²) >= 11 is 5.97. The average Bonchev–Trinajstić information content (AvgIpc) is 3.15. The van der Waals surface area contributed by atoms with Crippen molar-refractivity contribution in [2.24, 2.45) is 11.7 Å². The number of fused-ring (bicyclic) bond motifs is 1. The third-order valence-electron chi connectivity index (χ3n) is 6.57. The summed E-state index contributed by atoms with van der Waals surface area (Å²) in [6.45, 7) is 8.39. The quantitative estimate of drug-likeness (QED) is 0.472. The number of carbonyl (C=O) groups excluding carboxylic acids is 2. The molecule has 0 radical (unpaired) electrons. The molecule has 8 heteroatoms. The summed E-state index contributed by atoms with van der Waals surface area (Å²) in [6.07, 6.45) is 0.384. The molecular weight excluding hydrogens is 450 g/mol. The fourth-order valence-corrected chi connectivity index (χ4v) is 4.90. The van der Waals surface area contributed by atoms with E-state index in [2.05, 4.69) is 34.3 Å². The van der Waals surface area contributed by atoms with Crippen LogP contribution in [0.15, 0.2) is 48.5 Å². The summed E-state index contributed by atoms with van der Waals surface area (Å²) in [5.74, 6) is 1.17. The average molecular weight is 482 g/mol. The fourth-order valence-electron chi connectivity index (χ4n) is 4.77. The van der Waals surface area contributed by atoms with Crippen molar-refractivity contribution in [3.63, 3.8) is 0 Å². The molecule has 180 valence electrons. The number of imidazole rings is 1. The number of benzene rings is 2. The second kappa shape index (κ2) is 10.7. The molecule has 7 nitrogen and oxygen atoms in total. The largest absolute Gasteiger partial charge is 0.369 e. The first-order chi connectivity index (χ1) is 16.3. The molecule has 34 heavy (non-hydrogen) atoms. The van der Waals surface area contributed by atoms with Gasteiger partial charge in [-0.05, 0) is 42.3 Å². The van der Waals surface area contributed by atoms with Crippen LogP contribution < -0.4 is 5.73 Å². The predicted molar refractivity (Wildman–Crippen MR) is 135 cm³/mol. The SMILES string of the molecule is CC(C)C1CN(CC(N)=O)CCN1Cc1nc2ccccc2n1CCC(=O)c1ccc(Cl)cc1. The van der Waals surface area contributed by atoms with E-state index in [1.165, 1.54) is 0 Å². The lowest BCUT2D eigenvalue weighted by Gasteiger charge is -2.43. The van der Waals surface area contributed by atoms with Gasteiger partial charge in [-0.25, -0.2) is 4.98 Å². The molecule has 0 aliphatic carbocycles. The molecule has 0 spiro atoms. The highest BCUT2D eigenvalue weighted by atomic mass is 35.5. The van der Waals surface area contributed by atoms with Gasteiger partial charge in [0.15, 0.2) is 5.78 Å². The number of rotatable bonds is 9. The highest BCUT2D eigenvalue weighted by Gasteiger charge is 2.31. The van der Waals surface area contributed by atoms with Crippen LogP contribution >= 0.6 is 11.6 Å². The summed E-state index contributed by atoms with van der Waals surface area (Å²) in [5.41, 5.74) is 8.07. The molecule has 1 fully saturated rings. The van der Waals surface area contributed by atoms with E-state index in [-0.39, 0.29) is 17.7 Å². The molecule has 0 bridgehead atoms. The topological polar surface area (TPSA) is 84.5 Å². The van der Waals surface area contributed by atoms with Crippen LogP contribution in [0.3, 0.4) is 0 Å². The van der Waals surface area contributed by atoms with Crippen molar-refractivity contribution in [2.45, 2.75) is 39.4 Å². The Labute approximate surface area is 205 Å². The van der Waals surface area contributed by atoms with Crippen molar-refractivity contribution in [1.82, 2.24) is 19.4 Å². The highest BCUT2D eigenvalue weighted by molar-refractivity contribution is 6.30. The molecule has 0 saturated carbocycles. The Bertz CT molecular complexity index is 1160. The zero-order chi connectivity index (χ0) is 24.2. The Balaban J connectivity index is 1.54. The lowest BCUT2D eigenvalue weighted by atomic mass is 9.99. The van der Waals surface area contributed by atoms with Crippen LogP contribution in [0.25, 0.3) is 11.0 Å². The second-order valence-corrected chi connectivity index (χ2v) is 9.77. The van der Waals surface area contributed by atoms with Gasteiger partial charge in [-0.15, -0.1) is 0 Å². The van der Waals surface area contributed by atoms with Crippen molar-refractivity contribution in [2.75, 3.05) is 26.2 Å². The third-order valence-corrected chi connectivity index (χ3v) is 6.83. The van der Waals surface area contributed by atoms with Crippen LogP contribution in [0.5, 0.6) is 0 Å². The van der Waals surface area contributed by atoms with Crippen LogP contribution in [0, 0.1) is 5.92 Å². The third kappa shape index (κ3) is 5.66. The highest BCUT2D eigenvalue weighted by Crippen LogP contribution is 2.23. The summed E-state index contributed by atoms with van der Waals surface area (Å²) < 4.78 is 2.18. The molecule has 1 aromatic heterocycles. The second-order valence-electron chi connectivity index (χ2n) is 9.33. The van der Waals surface area contributed by atoms with E-state index >= 15 is 0 Å². The number of piperazine rings is 1. The lowest BCUT2D eigenvalue weighted by Crippen LogP contribution is -2.56. The minimum absolute atomic E-state index is 0.0838. The van der Waals surface area contributed by atoms with E-state index in [1.54, 1.807) is 24.3 Å². The van der Waals surface area contributed by atoms with Gasteiger partial charge >= 0.3 is 0 Å². The van der Waals surface area contributed by atoms with E-state index in [1.807, 2.05) is 18.2 Å². The van der Waals surface area contributed by atoms with Crippen molar-refractivity contribution in [3.05, 3.63) is 64.9 Å². The Kier molecular flexibility index (Phi) is 7.66. The summed E-state index contributed by atoms with van der Waals surface area (Å²) in [6, 6.07) is 15.4.